The molecule has 0 radical (unpaired) electrons. The summed E-state index contributed by atoms with van der Waals surface area (Å²) >= 11 is 6.09. The third-order valence-electron chi connectivity index (χ3n) is 3.98. The van der Waals surface area contributed by atoms with Gasteiger partial charge in [-0.15, -0.1) is 0 Å². The van der Waals surface area contributed by atoms with Gasteiger partial charge in [-0.1, -0.05) is 11.6 Å². The molecule has 1 N–H and O–H groups in total. The fourth-order valence-electron chi connectivity index (χ4n) is 2.91. The summed E-state index contributed by atoms with van der Waals surface area (Å²) in [6.45, 7) is 2.51. The molecule has 1 amide bonds. The zero-order chi connectivity index (χ0) is 14.8. The van der Waals surface area contributed by atoms with Gasteiger partial charge in [0.2, 0.25) is 0 Å². The van der Waals surface area contributed by atoms with Crippen LogP contribution >= 0.6 is 11.6 Å². The third kappa shape index (κ3) is 2.83. The maximum atomic E-state index is 11.0. The lowest BCUT2D eigenvalue weighted by Crippen LogP contribution is -2.47. The minimum Gasteiger partial charge on any atom is -0.487 e. The summed E-state index contributed by atoms with van der Waals surface area (Å²) in [6.07, 6.45) is 3.04. The fraction of sp³-hybridized carbons (Fsp3) is 0.615. The Morgan fingerprint density at radius 1 is 1.33 bits per heavy atom. The van der Waals surface area contributed by atoms with E-state index >= 15 is 0 Å². The Bertz CT molecular complexity index is 534. The quantitative estimate of drug-likeness (QED) is 0.797. The number of halogens is 1. The van der Waals surface area contributed by atoms with Crippen LogP contribution in [0.5, 0.6) is 5.75 Å². The van der Waals surface area contributed by atoms with Crippen LogP contribution in [0.2, 0.25) is 5.15 Å². The molecule has 21 heavy (non-hydrogen) atoms. The Morgan fingerprint density at radius 3 is 2.81 bits per heavy atom. The largest absolute Gasteiger partial charge is 0.487 e. The van der Waals surface area contributed by atoms with Gasteiger partial charge < -0.3 is 19.6 Å². The van der Waals surface area contributed by atoms with Crippen molar-refractivity contribution in [1.29, 1.82) is 0 Å². The van der Waals surface area contributed by atoms with E-state index in [1.807, 2.05) is 0 Å². The van der Waals surface area contributed by atoms with Gasteiger partial charge in [0.25, 0.3) is 0 Å². The number of anilines is 1. The Morgan fingerprint density at radius 2 is 2.10 bits per heavy atom. The van der Waals surface area contributed by atoms with Gasteiger partial charge in [0.15, 0.2) is 16.7 Å². The number of piperidine rings is 1. The molecule has 2 aliphatic rings. The third-order valence-corrected chi connectivity index (χ3v) is 4.25. The zero-order valence-corrected chi connectivity index (χ0v) is 12.3. The van der Waals surface area contributed by atoms with Crippen LogP contribution in [0.15, 0.2) is 6.33 Å². The van der Waals surface area contributed by atoms with Crippen LogP contribution in [-0.2, 0) is 0 Å². The van der Waals surface area contributed by atoms with E-state index in [0.29, 0.717) is 30.6 Å². The molecule has 0 atom stereocenters. The highest BCUT2D eigenvalue weighted by atomic mass is 35.5. The molecule has 0 aliphatic carbocycles. The average Bonchev–Trinajstić information content (AvgIpc) is 2.71. The van der Waals surface area contributed by atoms with E-state index in [4.69, 9.17) is 21.4 Å². The fourth-order valence-corrected chi connectivity index (χ4v) is 3.09. The lowest BCUT2D eigenvalue weighted by Gasteiger charge is -2.37. The Kier molecular flexibility index (Phi) is 4.01. The van der Waals surface area contributed by atoms with Crippen molar-refractivity contribution in [2.24, 2.45) is 0 Å². The van der Waals surface area contributed by atoms with Crippen molar-refractivity contribution in [2.75, 3.05) is 31.1 Å². The van der Waals surface area contributed by atoms with E-state index < -0.39 is 6.09 Å². The maximum Gasteiger partial charge on any atom is 0.407 e. The summed E-state index contributed by atoms with van der Waals surface area (Å²) < 4.78 is 5.66. The van der Waals surface area contributed by atoms with Gasteiger partial charge in [0, 0.05) is 25.7 Å². The standard InChI is InChI=1S/C13H17ClN4O3/c14-11-10-12(16-8-15-11)18(4-1-7-21-10)9-2-5-17(6-3-9)13(19)20/h8-9H,1-7H2,(H,19,20). The number of hydrogen-bond donors (Lipinski definition) is 1. The second kappa shape index (κ2) is 5.93. The number of amides is 1. The Balaban J connectivity index is 1.80. The first-order valence-corrected chi connectivity index (χ1v) is 7.42. The van der Waals surface area contributed by atoms with Crippen LogP contribution in [0.1, 0.15) is 19.3 Å². The van der Waals surface area contributed by atoms with E-state index in [9.17, 15) is 4.79 Å². The maximum absolute atomic E-state index is 11.0. The van der Waals surface area contributed by atoms with Crippen molar-refractivity contribution in [3.63, 3.8) is 0 Å². The first-order valence-electron chi connectivity index (χ1n) is 7.04. The molecule has 3 rings (SSSR count). The number of carbonyl (C=O) groups is 1. The lowest BCUT2D eigenvalue weighted by molar-refractivity contribution is 0.131. The summed E-state index contributed by atoms with van der Waals surface area (Å²) in [4.78, 5) is 22.9. The molecule has 8 heteroatoms. The summed E-state index contributed by atoms with van der Waals surface area (Å²) in [6, 6.07) is 0.256. The number of rotatable bonds is 1. The number of ether oxygens (including phenoxy) is 1. The number of aromatic nitrogens is 2. The van der Waals surface area contributed by atoms with Crippen LogP contribution in [0.4, 0.5) is 10.6 Å². The van der Waals surface area contributed by atoms with Crippen molar-refractivity contribution in [3.05, 3.63) is 11.5 Å². The molecule has 2 aliphatic heterocycles. The van der Waals surface area contributed by atoms with E-state index in [1.165, 1.54) is 11.2 Å². The highest BCUT2D eigenvalue weighted by Crippen LogP contribution is 2.36. The molecule has 1 fully saturated rings. The number of nitrogens with zero attached hydrogens (tertiary/aromatic N) is 4. The van der Waals surface area contributed by atoms with Gasteiger partial charge in [0.05, 0.1) is 6.61 Å². The predicted molar refractivity (Wildman–Crippen MR) is 77.1 cm³/mol. The number of fused-ring (bicyclic) bond motifs is 1. The molecule has 0 bridgehead atoms. The Hall–Kier alpha value is -1.76. The van der Waals surface area contributed by atoms with Gasteiger partial charge in [-0.2, -0.15) is 0 Å². The number of likely N-dealkylation sites (tertiary alicyclic amines) is 1. The van der Waals surface area contributed by atoms with Crippen LogP contribution in [0.25, 0.3) is 0 Å². The van der Waals surface area contributed by atoms with E-state index in [2.05, 4.69) is 14.9 Å². The van der Waals surface area contributed by atoms with Gasteiger partial charge in [-0.05, 0) is 19.3 Å². The number of hydrogen-bond acceptors (Lipinski definition) is 5. The van der Waals surface area contributed by atoms with Gasteiger partial charge in [-0.3, -0.25) is 0 Å². The summed E-state index contributed by atoms with van der Waals surface area (Å²) in [5.41, 5.74) is 0. The molecule has 0 unspecified atom stereocenters. The van der Waals surface area contributed by atoms with Crippen molar-refractivity contribution in [1.82, 2.24) is 14.9 Å². The first kappa shape index (κ1) is 14.2. The minimum absolute atomic E-state index is 0.256. The van der Waals surface area contributed by atoms with Crippen molar-refractivity contribution in [2.45, 2.75) is 25.3 Å². The second-order valence-corrected chi connectivity index (χ2v) is 5.57. The monoisotopic (exact) mass is 312 g/mol. The molecular weight excluding hydrogens is 296 g/mol. The van der Waals surface area contributed by atoms with Crippen molar-refractivity contribution < 1.29 is 14.6 Å². The van der Waals surface area contributed by atoms with Crippen LogP contribution in [-0.4, -0.2) is 58.4 Å². The van der Waals surface area contributed by atoms with Gasteiger partial charge in [-0.25, -0.2) is 14.8 Å². The summed E-state index contributed by atoms with van der Waals surface area (Å²) in [7, 11) is 0. The zero-order valence-electron chi connectivity index (χ0n) is 11.5. The molecule has 0 aromatic carbocycles. The average molecular weight is 313 g/mol. The topological polar surface area (TPSA) is 78.8 Å². The van der Waals surface area contributed by atoms with E-state index in [-0.39, 0.29) is 6.04 Å². The lowest BCUT2D eigenvalue weighted by atomic mass is 10.0. The number of carboxylic acid groups (broad SMARTS) is 1. The summed E-state index contributed by atoms with van der Waals surface area (Å²) in [5.74, 6) is 1.26. The highest BCUT2D eigenvalue weighted by molar-refractivity contribution is 6.31. The minimum atomic E-state index is -0.849. The highest BCUT2D eigenvalue weighted by Gasteiger charge is 2.31. The molecule has 0 spiro atoms. The van der Waals surface area contributed by atoms with Crippen molar-refractivity contribution in [3.8, 4) is 5.75 Å². The normalized spacial score (nSPS) is 19.7. The van der Waals surface area contributed by atoms with Crippen molar-refractivity contribution >= 4 is 23.5 Å². The van der Waals surface area contributed by atoms with E-state index in [1.54, 1.807) is 0 Å². The molecule has 1 aromatic rings. The van der Waals surface area contributed by atoms with Crippen LogP contribution in [0.3, 0.4) is 0 Å². The SMILES string of the molecule is O=C(O)N1CCC(N2CCCOc3c(Cl)ncnc32)CC1. The molecule has 7 nitrogen and oxygen atoms in total. The smallest absolute Gasteiger partial charge is 0.407 e. The molecule has 1 saturated heterocycles. The molecule has 114 valence electrons. The Labute approximate surface area is 127 Å². The van der Waals surface area contributed by atoms with Crippen LogP contribution in [0, 0.1) is 0 Å². The first-order chi connectivity index (χ1) is 10.2. The van der Waals surface area contributed by atoms with Crippen LogP contribution < -0.4 is 9.64 Å². The molecule has 0 saturated carbocycles. The summed E-state index contributed by atoms with van der Waals surface area (Å²) in [5, 5.41) is 9.36. The molecule has 1 aromatic heterocycles. The van der Waals surface area contributed by atoms with Gasteiger partial charge in [0.1, 0.15) is 6.33 Å². The van der Waals surface area contributed by atoms with Gasteiger partial charge >= 0.3 is 6.09 Å². The molecular formula is C13H17ClN4O3. The predicted octanol–water partition coefficient (Wildman–Crippen LogP) is 1.86. The second-order valence-electron chi connectivity index (χ2n) is 5.21. The molecule has 3 heterocycles. The van der Waals surface area contributed by atoms with E-state index in [0.717, 1.165) is 31.6 Å².